The maximum absolute atomic E-state index is 2.62. The third kappa shape index (κ3) is 7.30. The highest BCUT2D eigenvalue weighted by Crippen LogP contribution is 2.51. The Kier molecular flexibility index (Phi) is 10.1. The minimum Gasteiger partial charge on any atom is -0.0598 e. The molecule has 0 aliphatic heterocycles. The molecular weight excluding hydrogens is 629 g/mol. The van der Waals surface area contributed by atoms with Crippen LogP contribution in [0.1, 0.15) is 137 Å². The number of hydrogen-bond acceptors (Lipinski definition) is 0. The van der Waals surface area contributed by atoms with Crippen LogP contribution < -0.4 is 0 Å². The van der Waals surface area contributed by atoms with Crippen molar-refractivity contribution in [1.29, 1.82) is 0 Å². The monoisotopic (exact) mass is 692 g/mol. The average molecular weight is 693 g/mol. The lowest BCUT2D eigenvalue weighted by atomic mass is 9.78. The van der Waals surface area contributed by atoms with Crippen LogP contribution in [0.3, 0.4) is 0 Å². The van der Waals surface area contributed by atoms with Gasteiger partial charge in [0.1, 0.15) is 0 Å². The number of allylic oxidation sites excluding steroid dienone is 2. The van der Waals surface area contributed by atoms with Crippen LogP contribution in [0.25, 0.3) is 34.4 Å². The second-order valence-corrected chi connectivity index (χ2v) is 20.7. The van der Waals surface area contributed by atoms with Gasteiger partial charge in [-0.1, -0.05) is 188 Å². The van der Waals surface area contributed by atoms with Gasteiger partial charge in [0.25, 0.3) is 0 Å². The van der Waals surface area contributed by atoms with Crippen molar-refractivity contribution in [2.45, 2.75) is 132 Å². The fourth-order valence-electron chi connectivity index (χ4n) is 9.50. The molecule has 2 unspecified atom stereocenters. The summed E-state index contributed by atoms with van der Waals surface area (Å²) in [5, 5.41) is 0. The van der Waals surface area contributed by atoms with Crippen molar-refractivity contribution in [3.63, 3.8) is 0 Å². The van der Waals surface area contributed by atoms with Crippen molar-refractivity contribution >= 4 is 21.7 Å². The third-order valence-electron chi connectivity index (χ3n) is 11.7. The lowest BCUT2D eigenvalue weighted by molar-refractivity contribution is 0.591. The van der Waals surface area contributed by atoms with Crippen molar-refractivity contribution in [3.8, 4) is 22.3 Å². The van der Waals surface area contributed by atoms with Gasteiger partial charge in [0, 0.05) is 21.4 Å². The summed E-state index contributed by atoms with van der Waals surface area (Å²) in [6, 6.07) is 26.9. The predicted molar refractivity (Wildman–Crippen MR) is 229 cm³/mol. The van der Waals surface area contributed by atoms with Crippen molar-refractivity contribution in [2.75, 3.05) is 0 Å². The molecule has 2 atom stereocenters. The lowest BCUT2D eigenvalue weighted by Gasteiger charge is -2.27. The average Bonchev–Trinajstić information content (AvgIpc) is 3.57. The van der Waals surface area contributed by atoms with Crippen LogP contribution in [0.5, 0.6) is 0 Å². The van der Waals surface area contributed by atoms with Crippen molar-refractivity contribution in [3.05, 3.63) is 127 Å². The van der Waals surface area contributed by atoms with Gasteiger partial charge in [0.2, 0.25) is 0 Å². The Labute approximate surface area is 313 Å². The molecule has 0 aromatic heterocycles. The van der Waals surface area contributed by atoms with Crippen LogP contribution in [-0.2, 0) is 10.8 Å². The van der Waals surface area contributed by atoms with Gasteiger partial charge in [-0.05, 0) is 106 Å². The van der Waals surface area contributed by atoms with Gasteiger partial charge in [-0.15, -0.1) is 0 Å². The molecule has 0 fully saturated rings. The zero-order valence-corrected chi connectivity index (χ0v) is 35.8. The Bertz CT molecular complexity index is 1840. The van der Waals surface area contributed by atoms with Crippen LogP contribution in [0, 0.1) is 39.5 Å². The van der Waals surface area contributed by atoms with E-state index in [1.165, 1.54) is 78.8 Å². The molecular formula is C50H64Si. The number of hydrogen-bond donors (Lipinski definition) is 0. The summed E-state index contributed by atoms with van der Waals surface area (Å²) in [7, 11) is -0.386. The topological polar surface area (TPSA) is 0 Å². The number of fused-ring (bicyclic) bond motifs is 2. The van der Waals surface area contributed by atoms with E-state index in [0.717, 1.165) is 0 Å². The number of aryl methyl sites for hydroxylation is 4. The van der Waals surface area contributed by atoms with E-state index in [2.05, 4.69) is 170 Å². The molecule has 0 bridgehead atoms. The Morgan fingerprint density at radius 3 is 1.14 bits per heavy atom. The molecule has 4 aromatic carbocycles. The molecule has 268 valence electrons. The molecule has 1 heteroatoms. The summed E-state index contributed by atoms with van der Waals surface area (Å²) in [6.45, 7) is 32.9. The van der Waals surface area contributed by atoms with Crippen molar-refractivity contribution < 1.29 is 0 Å². The van der Waals surface area contributed by atoms with Crippen LogP contribution in [0.2, 0.25) is 12.1 Å². The van der Waals surface area contributed by atoms with Gasteiger partial charge in [-0.25, -0.2) is 0 Å². The lowest BCUT2D eigenvalue weighted by Crippen LogP contribution is -2.15. The van der Waals surface area contributed by atoms with Crippen molar-refractivity contribution in [2.24, 2.45) is 11.8 Å². The second-order valence-electron chi connectivity index (χ2n) is 18.9. The molecule has 6 rings (SSSR count). The van der Waals surface area contributed by atoms with Crippen molar-refractivity contribution in [1.82, 2.24) is 0 Å². The maximum atomic E-state index is 2.62. The minimum absolute atomic E-state index is 0.0684. The maximum Gasteiger partial charge on any atom is 0.0218 e. The van der Waals surface area contributed by atoms with Crippen LogP contribution in [-0.4, -0.2) is 9.52 Å². The Balaban J connectivity index is 1.38. The normalized spacial score (nSPS) is 17.5. The van der Waals surface area contributed by atoms with E-state index < -0.39 is 0 Å². The fraction of sp³-hybridized carbons (Fsp3) is 0.440. The summed E-state index contributed by atoms with van der Waals surface area (Å²) in [5.41, 5.74) is 23.6. The third-order valence-corrected chi connectivity index (χ3v) is 13.7. The first kappa shape index (κ1) is 37.3. The summed E-state index contributed by atoms with van der Waals surface area (Å²) < 4.78 is 0. The first-order valence-electron chi connectivity index (χ1n) is 19.8. The van der Waals surface area contributed by atoms with Gasteiger partial charge < -0.3 is 0 Å². The summed E-state index contributed by atoms with van der Waals surface area (Å²) in [5.74, 6) is 2.14. The highest BCUT2D eigenvalue weighted by Gasteiger charge is 2.35. The van der Waals surface area contributed by atoms with E-state index in [1.54, 1.807) is 22.3 Å². The van der Waals surface area contributed by atoms with E-state index >= 15 is 0 Å². The zero-order chi connectivity index (χ0) is 37.2. The van der Waals surface area contributed by atoms with Gasteiger partial charge in [-0.2, -0.15) is 0 Å². The summed E-state index contributed by atoms with van der Waals surface area (Å²) in [6.07, 6.45) is 5.24. The van der Waals surface area contributed by atoms with E-state index in [0.29, 0.717) is 23.7 Å². The van der Waals surface area contributed by atoms with Gasteiger partial charge >= 0.3 is 0 Å². The molecule has 0 saturated heterocycles. The van der Waals surface area contributed by atoms with Crippen LogP contribution in [0.4, 0.5) is 0 Å². The standard InChI is InChI=1S/C50H64Si/c1-29(2)39-25-41-37(15-17-45(49(9,10)11)47(41)35-21-31(5)19-32(6)22-35)43(39)27-51-28-44-38-16-18-46(50(12,13)14)48(42(38)26-40(44)30(3)4)36-23-33(7)20-34(8)24-36/h15-26,29-30,43-44H,27-28,51H2,1-14H3. The van der Waals surface area contributed by atoms with E-state index in [-0.39, 0.29) is 20.3 Å². The summed E-state index contributed by atoms with van der Waals surface area (Å²) in [4.78, 5) is 0. The SMILES string of the molecule is Cc1cc(C)cc(-c2c(C(C)(C)C)ccc3c2C=C(C(C)C)C3C[SiH2]CC2C(C(C)C)=Cc3c2ccc(C(C)(C)C)c3-c2cc(C)cc(C)c2)c1. The van der Waals surface area contributed by atoms with Gasteiger partial charge in [-0.3, -0.25) is 0 Å². The van der Waals surface area contributed by atoms with Gasteiger partial charge in [0.05, 0.1) is 0 Å². The van der Waals surface area contributed by atoms with Gasteiger partial charge in [0.15, 0.2) is 0 Å². The highest BCUT2D eigenvalue weighted by atomic mass is 28.2. The predicted octanol–water partition coefficient (Wildman–Crippen LogP) is 13.8. The van der Waals surface area contributed by atoms with E-state index in [9.17, 15) is 0 Å². The first-order chi connectivity index (χ1) is 23.8. The molecule has 0 radical (unpaired) electrons. The quantitative estimate of drug-likeness (QED) is 0.161. The summed E-state index contributed by atoms with van der Waals surface area (Å²) >= 11 is 0. The van der Waals surface area contributed by atoms with E-state index in [1.807, 2.05) is 0 Å². The molecule has 51 heavy (non-hydrogen) atoms. The second kappa shape index (κ2) is 13.9. The Morgan fingerprint density at radius 2 is 0.843 bits per heavy atom. The molecule has 4 aromatic rings. The molecule has 0 amide bonds. The smallest absolute Gasteiger partial charge is 0.0218 e. The molecule has 0 saturated carbocycles. The molecule has 2 aliphatic rings. The largest absolute Gasteiger partial charge is 0.0598 e. The number of benzene rings is 4. The van der Waals surface area contributed by atoms with Crippen LogP contribution >= 0.6 is 0 Å². The van der Waals surface area contributed by atoms with Crippen LogP contribution in [0.15, 0.2) is 71.8 Å². The number of rotatable bonds is 8. The molecule has 2 aliphatic carbocycles. The molecule has 0 heterocycles. The van der Waals surface area contributed by atoms with E-state index in [4.69, 9.17) is 0 Å². The molecule has 0 spiro atoms. The Hall–Kier alpha value is -3.42. The fourth-order valence-corrected chi connectivity index (χ4v) is 11.8. The first-order valence-corrected chi connectivity index (χ1v) is 21.8. The zero-order valence-electron chi connectivity index (χ0n) is 34.4. The molecule has 0 N–H and O–H groups in total. The minimum atomic E-state index is -0.386. The molecule has 0 nitrogen and oxygen atoms in total. The Morgan fingerprint density at radius 1 is 0.510 bits per heavy atom. The highest BCUT2D eigenvalue weighted by molar-refractivity contribution is 6.36.